The first kappa shape index (κ1) is 16.1. The van der Waals surface area contributed by atoms with Crippen LogP contribution < -0.4 is 0 Å². The molecule has 0 atom stereocenters. The van der Waals surface area contributed by atoms with E-state index in [2.05, 4.69) is 52.2 Å². The Hall–Kier alpha value is -2.73. The standard InChI is InChI=1S/C18H16N2O3S/c1-12-3-4-14-8-15(6-5-13(14)7-12)18-19-10-16(24-18)9-17(21)23-11-20-22-2/h3-8,10-11H,9H2,1-2H3. The molecule has 122 valence electrons. The molecule has 1 aromatic heterocycles. The molecule has 0 aliphatic rings. The van der Waals surface area contributed by atoms with Crippen LogP contribution in [0, 0.1) is 6.92 Å². The summed E-state index contributed by atoms with van der Waals surface area (Å²) in [4.78, 5) is 21.3. The summed E-state index contributed by atoms with van der Waals surface area (Å²) >= 11 is 1.48. The molecule has 0 radical (unpaired) electrons. The van der Waals surface area contributed by atoms with E-state index in [1.54, 1.807) is 6.20 Å². The minimum absolute atomic E-state index is 0.153. The molecule has 2 aromatic carbocycles. The predicted molar refractivity (Wildman–Crippen MR) is 95.1 cm³/mol. The third-order valence-electron chi connectivity index (χ3n) is 3.45. The van der Waals surface area contributed by atoms with Gasteiger partial charge in [-0.3, -0.25) is 4.79 Å². The van der Waals surface area contributed by atoms with Gasteiger partial charge in [-0.15, -0.1) is 11.3 Å². The Kier molecular flexibility index (Phi) is 4.86. The summed E-state index contributed by atoms with van der Waals surface area (Å²) in [5.41, 5.74) is 2.28. The molecule has 0 unspecified atom stereocenters. The number of thiazole rings is 1. The maximum absolute atomic E-state index is 11.6. The fraction of sp³-hybridized carbons (Fsp3) is 0.167. The number of esters is 1. The number of benzene rings is 2. The number of carbonyl (C=O) groups excluding carboxylic acids is 1. The molecular formula is C18H16N2O3S. The largest absolute Gasteiger partial charge is 0.411 e. The lowest BCUT2D eigenvalue weighted by Crippen LogP contribution is -2.05. The van der Waals surface area contributed by atoms with Crippen molar-refractivity contribution in [3.8, 4) is 10.6 Å². The van der Waals surface area contributed by atoms with Crippen molar-refractivity contribution in [2.24, 2.45) is 5.16 Å². The van der Waals surface area contributed by atoms with E-state index in [9.17, 15) is 4.79 Å². The van der Waals surface area contributed by atoms with Crippen LogP contribution in [0.15, 0.2) is 47.8 Å². The first-order valence-electron chi connectivity index (χ1n) is 7.35. The van der Waals surface area contributed by atoms with E-state index in [1.807, 2.05) is 6.07 Å². The number of fused-ring (bicyclic) bond motifs is 1. The molecule has 6 heteroatoms. The Labute approximate surface area is 143 Å². The monoisotopic (exact) mass is 340 g/mol. The van der Waals surface area contributed by atoms with Crippen LogP contribution in [0.1, 0.15) is 10.4 Å². The fourth-order valence-corrected chi connectivity index (χ4v) is 3.22. The Morgan fingerprint density at radius 1 is 1.25 bits per heavy atom. The lowest BCUT2D eigenvalue weighted by atomic mass is 10.1. The molecule has 1 heterocycles. The van der Waals surface area contributed by atoms with E-state index >= 15 is 0 Å². The molecule has 0 amide bonds. The third kappa shape index (κ3) is 3.78. The first-order chi connectivity index (χ1) is 11.7. The molecule has 0 bridgehead atoms. The highest BCUT2D eigenvalue weighted by molar-refractivity contribution is 7.15. The lowest BCUT2D eigenvalue weighted by molar-refractivity contribution is -0.134. The molecule has 0 saturated carbocycles. The number of carbonyl (C=O) groups is 1. The van der Waals surface area contributed by atoms with Gasteiger partial charge in [0.15, 0.2) is 0 Å². The number of aromatic nitrogens is 1. The van der Waals surface area contributed by atoms with E-state index in [1.165, 1.54) is 34.8 Å². The average molecular weight is 340 g/mol. The van der Waals surface area contributed by atoms with Crippen molar-refractivity contribution in [1.82, 2.24) is 4.98 Å². The molecule has 0 aliphatic heterocycles. The Balaban J connectivity index is 1.76. The molecule has 3 rings (SSSR count). The second-order valence-electron chi connectivity index (χ2n) is 5.26. The summed E-state index contributed by atoms with van der Waals surface area (Å²) < 4.78 is 4.79. The number of hydrogen-bond donors (Lipinski definition) is 0. The minimum Gasteiger partial charge on any atom is -0.411 e. The van der Waals surface area contributed by atoms with E-state index < -0.39 is 5.97 Å². The van der Waals surface area contributed by atoms with Gasteiger partial charge in [-0.05, 0) is 23.8 Å². The van der Waals surface area contributed by atoms with Crippen LogP contribution in [0.2, 0.25) is 0 Å². The van der Waals surface area contributed by atoms with Gasteiger partial charge >= 0.3 is 5.97 Å². The minimum atomic E-state index is -0.403. The SMILES string of the molecule is CON=COC(=O)Cc1cnc(-c2ccc3cc(C)ccc3c2)s1. The van der Waals surface area contributed by atoms with Crippen LogP contribution in [-0.2, 0) is 20.8 Å². The summed E-state index contributed by atoms with van der Waals surface area (Å²) in [7, 11) is 1.38. The van der Waals surface area contributed by atoms with Gasteiger partial charge in [0.1, 0.15) is 12.1 Å². The first-order valence-corrected chi connectivity index (χ1v) is 8.17. The van der Waals surface area contributed by atoms with Crippen molar-refractivity contribution in [2.75, 3.05) is 7.11 Å². The van der Waals surface area contributed by atoms with Gasteiger partial charge in [0, 0.05) is 16.6 Å². The van der Waals surface area contributed by atoms with Crippen molar-refractivity contribution >= 4 is 34.5 Å². The van der Waals surface area contributed by atoms with E-state index in [0.717, 1.165) is 21.8 Å². The molecule has 24 heavy (non-hydrogen) atoms. The zero-order valence-electron chi connectivity index (χ0n) is 13.4. The maximum Gasteiger partial charge on any atom is 0.317 e. The Morgan fingerprint density at radius 3 is 2.88 bits per heavy atom. The lowest BCUT2D eigenvalue weighted by Gasteiger charge is -2.02. The van der Waals surface area contributed by atoms with Crippen molar-refractivity contribution in [2.45, 2.75) is 13.3 Å². The molecule has 3 aromatic rings. The molecule has 0 fully saturated rings. The van der Waals surface area contributed by atoms with E-state index in [0.29, 0.717) is 0 Å². The Bertz CT molecular complexity index is 902. The molecule has 0 saturated heterocycles. The van der Waals surface area contributed by atoms with Gasteiger partial charge < -0.3 is 9.57 Å². The number of rotatable bonds is 5. The van der Waals surface area contributed by atoms with Crippen LogP contribution in [0.3, 0.4) is 0 Å². The quantitative estimate of drug-likeness (QED) is 0.305. The number of hydrogen-bond acceptors (Lipinski definition) is 6. The summed E-state index contributed by atoms with van der Waals surface area (Å²) in [6.07, 6.45) is 2.84. The van der Waals surface area contributed by atoms with Crippen molar-refractivity contribution in [3.63, 3.8) is 0 Å². The van der Waals surface area contributed by atoms with Crippen molar-refractivity contribution in [1.29, 1.82) is 0 Å². The molecule has 0 N–H and O–H groups in total. The highest BCUT2D eigenvalue weighted by atomic mass is 32.1. The number of aryl methyl sites for hydroxylation is 1. The fourth-order valence-electron chi connectivity index (χ4n) is 2.33. The second-order valence-corrected chi connectivity index (χ2v) is 6.37. The third-order valence-corrected chi connectivity index (χ3v) is 4.49. The summed E-state index contributed by atoms with van der Waals surface area (Å²) in [5, 5.41) is 6.62. The van der Waals surface area contributed by atoms with Crippen LogP contribution in [0.25, 0.3) is 21.3 Å². The van der Waals surface area contributed by atoms with Gasteiger partial charge in [0.25, 0.3) is 0 Å². The predicted octanol–water partition coefficient (Wildman–Crippen LogP) is 3.95. The highest BCUT2D eigenvalue weighted by Crippen LogP contribution is 2.28. The van der Waals surface area contributed by atoms with Crippen molar-refractivity contribution < 1.29 is 14.4 Å². The van der Waals surface area contributed by atoms with Crippen LogP contribution in [0.4, 0.5) is 0 Å². The summed E-state index contributed by atoms with van der Waals surface area (Å²) in [5.74, 6) is -0.403. The molecule has 0 aliphatic carbocycles. The van der Waals surface area contributed by atoms with Crippen LogP contribution in [-0.4, -0.2) is 24.5 Å². The zero-order chi connectivity index (χ0) is 16.9. The maximum atomic E-state index is 11.6. The average Bonchev–Trinajstić information content (AvgIpc) is 3.03. The van der Waals surface area contributed by atoms with Gasteiger partial charge in [0.05, 0.1) is 6.42 Å². The molecular weight excluding hydrogens is 324 g/mol. The highest BCUT2D eigenvalue weighted by Gasteiger charge is 2.10. The van der Waals surface area contributed by atoms with Gasteiger partial charge in [0.2, 0.25) is 6.40 Å². The van der Waals surface area contributed by atoms with Gasteiger partial charge in [-0.1, -0.05) is 41.1 Å². The van der Waals surface area contributed by atoms with Crippen LogP contribution >= 0.6 is 11.3 Å². The molecule has 0 spiro atoms. The van der Waals surface area contributed by atoms with Gasteiger partial charge in [-0.2, -0.15) is 0 Å². The summed E-state index contributed by atoms with van der Waals surface area (Å²) in [6, 6.07) is 12.6. The molecule has 5 nitrogen and oxygen atoms in total. The van der Waals surface area contributed by atoms with Crippen LogP contribution in [0.5, 0.6) is 0 Å². The summed E-state index contributed by atoms with van der Waals surface area (Å²) in [6.45, 7) is 2.08. The van der Waals surface area contributed by atoms with Gasteiger partial charge in [-0.25, -0.2) is 4.98 Å². The van der Waals surface area contributed by atoms with E-state index in [-0.39, 0.29) is 6.42 Å². The number of ether oxygens (including phenoxy) is 1. The number of nitrogens with zero attached hydrogens (tertiary/aromatic N) is 2. The smallest absolute Gasteiger partial charge is 0.317 e. The Morgan fingerprint density at radius 2 is 2.04 bits per heavy atom. The topological polar surface area (TPSA) is 60.8 Å². The normalized spacial score (nSPS) is 11.1. The van der Waals surface area contributed by atoms with Crippen molar-refractivity contribution in [3.05, 3.63) is 53.0 Å². The second kappa shape index (κ2) is 7.23. The number of oxime groups is 1. The zero-order valence-corrected chi connectivity index (χ0v) is 14.2. The van der Waals surface area contributed by atoms with E-state index in [4.69, 9.17) is 4.74 Å².